The predicted octanol–water partition coefficient (Wildman–Crippen LogP) is 2.06. The van der Waals surface area contributed by atoms with Gasteiger partial charge in [-0.25, -0.2) is 4.98 Å². The number of halogens is 1. The van der Waals surface area contributed by atoms with Gasteiger partial charge in [-0.3, -0.25) is 9.48 Å². The van der Waals surface area contributed by atoms with Crippen LogP contribution >= 0.6 is 15.9 Å². The van der Waals surface area contributed by atoms with Crippen LogP contribution in [0.3, 0.4) is 0 Å². The van der Waals surface area contributed by atoms with Crippen molar-refractivity contribution < 1.29 is 0 Å². The molecule has 2 heterocycles. The van der Waals surface area contributed by atoms with Crippen LogP contribution in [0.15, 0.2) is 21.7 Å². The van der Waals surface area contributed by atoms with E-state index >= 15 is 0 Å². The number of hydrogen-bond acceptors (Lipinski definition) is 3. The van der Waals surface area contributed by atoms with Gasteiger partial charge in [-0.2, -0.15) is 5.10 Å². The number of aromatic nitrogens is 4. The molecule has 0 aliphatic heterocycles. The van der Waals surface area contributed by atoms with Crippen molar-refractivity contribution in [3.63, 3.8) is 0 Å². The summed E-state index contributed by atoms with van der Waals surface area (Å²) in [6.45, 7) is 4.00. The number of H-pyrrole nitrogens is 1. The summed E-state index contributed by atoms with van der Waals surface area (Å²) in [4.78, 5) is 19.0. The molecule has 0 saturated heterocycles. The average Bonchev–Trinajstić information content (AvgIpc) is 2.68. The third-order valence-electron chi connectivity index (χ3n) is 2.41. The van der Waals surface area contributed by atoms with Crippen molar-refractivity contribution in [2.24, 2.45) is 7.05 Å². The zero-order valence-corrected chi connectivity index (χ0v) is 11.4. The minimum absolute atomic E-state index is 0.164. The first kappa shape index (κ1) is 12.0. The fourth-order valence-electron chi connectivity index (χ4n) is 1.54. The number of nitrogens with one attached hydrogen (secondary N) is 1. The summed E-state index contributed by atoms with van der Waals surface area (Å²) in [5.74, 6) is 0.733. The minimum atomic E-state index is -0.164. The Balaban J connectivity index is 2.61. The summed E-state index contributed by atoms with van der Waals surface area (Å²) in [5, 5.41) is 4.06. The normalized spacial score (nSPS) is 11.1. The van der Waals surface area contributed by atoms with Crippen molar-refractivity contribution in [2.45, 2.75) is 19.8 Å². The Hall–Kier alpha value is -1.43. The molecule has 6 heteroatoms. The molecule has 0 aromatic carbocycles. The van der Waals surface area contributed by atoms with Crippen molar-refractivity contribution in [3.8, 4) is 11.4 Å². The molecular formula is C11H13BrN4O. The fourth-order valence-corrected chi connectivity index (χ4v) is 2.18. The van der Waals surface area contributed by atoms with E-state index in [-0.39, 0.29) is 11.5 Å². The summed E-state index contributed by atoms with van der Waals surface area (Å²) in [7, 11) is 1.82. The van der Waals surface area contributed by atoms with Crippen molar-refractivity contribution in [1.29, 1.82) is 0 Å². The summed E-state index contributed by atoms with van der Waals surface area (Å²) < 4.78 is 2.17. The van der Waals surface area contributed by atoms with Crippen LogP contribution in [0.1, 0.15) is 25.5 Å². The monoisotopic (exact) mass is 296 g/mol. The summed E-state index contributed by atoms with van der Waals surface area (Å²) in [6.07, 6.45) is 3.49. The Morgan fingerprint density at radius 1 is 1.47 bits per heavy atom. The lowest BCUT2D eigenvalue weighted by Gasteiger charge is -2.08. The van der Waals surface area contributed by atoms with Gasteiger partial charge in [0.05, 0.1) is 17.5 Å². The van der Waals surface area contributed by atoms with E-state index in [2.05, 4.69) is 31.0 Å². The Bertz CT molecular complexity index is 600. The van der Waals surface area contributed by atoms with Crippen LogP contribution in [-0.4, -0.2) is 19.7 Å². The molecule has 0 fully saturated rings. The molecule has 5 nitrogen and oxygen atoms in total. The molecule has 17 heavy (non-hydrogen) atoms. The first-order chi connectivity index (χ1) is 7.99. The zero-order chi connectivity index (χ0) is 12.6. The van der Waals surface area contributed by atoms with Crippen molar-refractivity contribution in [3.05, 3.63) is 32.9 Å². The second-order valence-corrected chi connectivity index (χ2v) is 4.96. The largest absolute Gasteiger partial charge is 0.305 e. The maximum atomic E-state index is 11.8. The highest BCUT2D eigenvalue weighted by atomic mass is 79.9. The molecule has 0 spiro atoms. The third kappa shape index (κ3) is 2.31. The van der Waals surface area contributed by atoms with Crippen LogP contribution in [0.25, 0.3) is 11.4 Å². The number of hydrogen-bond donors (Lipinski definition) is 1. The topological polar surface area (TPSA) is 63.6 Å². The van der Waals surface area contributed by atoms with Gasteiger partial charge in [0.25, 0.3) is 5.56 Å². The molecular weight excluding hydrogens is 284 g/mol. The molecule has 1 N–H and O–H groups in total. The maximum absolute atomic E-state index is 11.8. The van der Waals surface area contributed by atoms with E-state index < -0.39 is 0 Å². The van der Waals surface area contributed by atoms with Crippen molar-refractivity contribution in [2.75, 3.05) is 0 Å². The molecule has 2 rings (SSSR count). The standard InChI is InChI=1S/C11H13BrN4O/c1-6(2)9-8(12)11(17)15-10(14-9)7-4-13-16(3)5-7/h4-6H,1-3H3,(H,14,15,17). The van der Waals surface area contributed by atoms with E-state index in [4.69, 9.17) is 0 Å². The van der Waals surface area contributed by atoms with Crippen LogP contribution in [0.4, 0.5) is 0 Å². The van der Waals surface area contributed by atoms with Crippen molar-refractivity contribution >= 4 is 15.9 Å². The lowest BCUT2D eigenvalue weighted by molar-refractivity contribution is 0.767. The summed E-state index contributed by atoms with van der Waals surface area (Å²) in [6, 6.07) is 0. The van der Waals surface area contributed by atoms with E-state index in [0.717, 1.165) is 11.3 Å². The van der Waals surface area contributed by atoms with E-state index in [1.54, 1.807) is 10.9 Å². The van der Waals surface area contributed by atoms with Gasteiger partial charge in [-0.1, -0.05) is 13.8 Å². The second-order valence-electron chi connectivity index (χ2n) is 4.17. The SMILES string of the molecule is CC(C)c1nc(-c2cnn(C)c2)[nH]c(=O)c1Br. The van der Waals surface area contributed by atoms with Gasteiger partial charge in [0, 0.05) is 13.2 Å². The van der Waals surface area contributed by atoms with Gasteiger partial charge >= 0.3 is 0 Å². The van der Waals surface area contributed by atoms with Gasteiger partial charge < -0.3 is 4.98 Å². The van der Waals surface area contributed by atoms with E-state index in [9.17, 15) is 4.79 Å². The smallest absolute Gasteiger partial charge is 0.265 e. The first-order valence-corrected chi connectivity index (χ1v) is 6.07. The summed E-state index contributed by atoms with van der Waals surface area (Å²) >= 11 is 3.27. The predicted molar refractivity (Wildman–Crippen MR) is 68.8 cm³/mol. The highest BCUT2D eigenvalue weighted by molar-refractivity contribution is 9.10. The fraction of sp³-hybridized carbons (Fsp3) is 0.364. The average molecular weight is 297 g/mol. The Kier molecular flexibility index (Phi) is 3.15. The number of aromatic amines is 1. The van der Waals surface area contributed by atoms with Crippen LogP contribution < -0.4 is 5.56 Å². The van der Waals surface area contributed by atoms with Crippen LogP contribution in [0.5, 0.6) is 0 Å². The molecule has 0 unspecified atom stereocenters. The zero-order valence-electron chi connectivity index (χ0n) is 9.86. The highest BCUT2D eigenvalue weighted by Crippen LogP contribution is 2.21. The molecule has 2 aromatic heterocycles. The van der Waals surface area contributed by atoms with Crippen LogP contribution in [0, 0.1) is 0 Å². The van der Waals surface area contributed by atoms with Crippen LogP contribution in [-0.2, 0) is 7.05 Å². The number of rotatable bonds is 2. The van der Waals surface area contributed by atoms with Crippen LogP contribution in [0.2, 0.25) is 0 Å². The summed E-state index contributed by atoms with van der Waals surface area (Å²) in [5.41, 5.74) is 1.40. The number of aryl methyl sites for hydroxylation is 1. The second kappa shape index (κ2) is 4.44. The Morgan fingerprint density at radius 2 is 2.18 bits per heavy atom. The molecule has 0 bridgehead atoms. The lowest BCUT2D eigenvalue weighted by Crippen LogP contribution is -2.14. The van der Waals surface area contributed by atoms with Gasteiger partial charge in [0.2, 0.25) is 0 Å². The molecule has 0 aliphatic rings. The molecule has 0 amide bonds. The highest BCUT2D eigenvalue weighted by Gasteiger charge is 2.13. The molecule has 0 radical (unpaired) electrons. The van der Waals surface area contributed by atoms with Gasteiger partial charge in [0.15, 0.2) is 0 Å². The van der Waals surface area contributed by atoms with E-state index in [1.807, 2.05) is 27.1 Å². The van der Waals surface area contributed by atoms with E-state index in [0.29, 0.717) is 10.3 Å². The third-order valence-corrected chi connectivity index (χ3v) is 3.18. The Labute approximate surface area is 107 Å². The Morgan fingerprint density at radius 3 is 2.71 bits per heavy atom. The van der Waals surface area contributed by atoms with Gasteiger partial charge in [0.1, 0.15) is 10.3 Å². The first-order valence-electron chi connectivity index (χ1n) is 5.27. The van der Waals surface area contributed by atoms with Gasteiger partial charge in [-0.15, -0.1) is 0 Å². The van der Waals surface area contributed by atoms with Gasteiger partial charge in [-0.05, 0) is 21.8 Å². The lowest BCUT2D eigenvalue weighted by atomic mass is 10.1. The molecule has 0 saturated carbocycles. The molecule has 0 atom stereocenters. The quantitative estimate of drug-likeness (QED) is 0.922. The molecule has 2 aromatic rings. The maximum Gasteiger partial charge on any atom is 0.265 e. The van der Waals surface area contributed by atoms with E-state index in [1.165, 1.54) is 0 Å². The van der Waals surface area contributed by atoms with Crippen molar-refractivity contribution in [1.82, 2.24) is 19.7 Å². The minimum Gasteiger partial charge on any atom is -0.305 e. The molecule has 0 aliphatic carbocycles. The number of nitrogens with zero attached hydrogens (tertiary/aromatic N) is 3. The molecule has 90 valence electrons.